The molecule has 0 radical (unpaired) electrons. The highest BCUT2D eigenvalue weighted by molar-refractivity contribution is 5.78. The summed E-state index contributed by atoms with van der Waals surface area (Å²) in [4.78, 5) is 4.26. The molecule has 1 aliphatic carbocycles. The molecule has 4 heteroatoms. The number of aliphatic imine (C=N–C) groups is 1. The predicted molar refractivity (Wildman–Crippen MR) is 63.0 cm³/mol. The summed E-state index contributed by atoms with van der Waals surface area (Å²) in [5, 5.41) is 3.25. The molecule has 0 aromatic rings. The molecule has 0 aromatic heterocycles. The van der Waals surface area contributed by atoms with Crippen molar-refractivity contribution < 1.29 is 4.74 Å². The van der Waals surface area contributed by atoms with Crippen molar-refractivity contribution in [3.8, 4) is 0 Å². The van der Waals surface area contributed by atoms with E-state index in [1.165, 1.54) is 25.7 Å². The van der Waals surface area contributed by atoms with Gasteiger partial charge in [-0.05, 0) is 26.7 Å². The lowest BCUT2D eigenvalue weighted by atomic mass is 10.2. The summed E-state index contributed by atoms with van der Waals surface area (Å²) in [6, 6.07) is 0.538. The predicted octanol–water partition coefficient (Wildman–Crippen LogP) is 1.26. The Bertz CT molecular complexity index is 200. The zero-order valence-electron chi connectivity index (χ0n) is 9.83. The molecule has 3 N–H and O–H groups in total. The van der Waals surface area contributed by atoms with E-state index in [0.717, 1.165) is 6.61 Å². The van der Waals surface area contributed by atoms with Crippen LogP contribution in [0.4, 0.5) is 0 Å². The van der Waals surface area contributed by atoms with Crippen LogP contribution in [0.5, 0.6) is 0 Å². The fourth-order valence-corrected chi connectivity index (χ4v) is 1.89. The molecule has 1 atom stereocenters. The molecule has 1 fully saturated rings. The molecule has 0 aromatic carbocycles. The van der Waals surface area contributed by atoms with Crippen LogP contribution in [0.2, 0.25) is 0 Å². The molecule has 4 nitrogen and oxygen atoms in total. The topological polar surface area (TPSA) is 59.6 Å². The van der Waals surface area contributed by atoms with Gasteiger partial charge in [0, 0.05) is 12.6 Å². The summed E-state index contributed by atoms with van der Waals surface area (Å²) in [5.74, 6) is 0.563. The number of nitrogens with zero attached hydrogens (tertiary/aromatic N) is 1. The smallest absolute Gasteiger partial charge is 0.188 e. The average molecular weight is 213 g/mol. The van der Waals surface area contributed by atoms with E-state index in [1.807, 2.05) is 13.8 Å². The Morgan fingerprint density at radius 3 is 2.80 bits per heavy atom. The van der Waals surface area contributed by atoms with Gasteiger partial charge in [0.25, 0.3) is 0 Å². The molecule has 0 aliphatic heterocycles. The Kier molecular flexibility index (Phi) is 5.47. The normalized spacial score (nSPS) is 20.5. The first-order valence-electron chi connectivity index (χ1n) is 5.90. The highest BCUT2D eigenvalue weighted by atomic mass is 16.5. The fraction of sp³-hybridized carbons (Fsp3) is 0.909. The Labute approximate surface area is 92.3 Å². The minimum absolute atomic E-state index is 0.152. The van der Waals surface area contributed by atoms with Gasteiger partial charge in [-0.25, -0.2) is 0 Å². The second-order valence-corrected chi connectivity index (χ2v) is 4.12. The van der Waals surface area contributed by atoms with Gasteiger partial charge < -0.3 is 15.8 Å². The number of hydrogen-bond acceptors (Lipinski definition) is 2. The number of rotatable bonds is 5. The third-order valence-corrected chi connectivity index (χ3v) is 2.68. The van der Waals surface area contributed by atoms with Crippen molar-refractivity contribution >= 4 is 5.96 Å². The van der Waals surface area contributed by atoms with Crippen LogP contribution >= 0.6 is 0 Å². The summed E-state index contributed by atoms with van der Waals surface area (Å²) in [6.45, 7) is 5.36. The van der Waals surface area contributed by atoms with E-state index >= 15 is 0 Å². The second-order valence-electron chi connectivity index (χ2n) is 4.12. The first-order valence-corrected chi connectivity index (χ1v) is 5.90. The van der Waals surface area contributed by atoms with Gasteiger partial charge in [0.2, 0.25) is 0 Å². The van der Waals surface area contributed by atoms with Crippen molar-refractivity contribution in [2.45, 2.75) is 51.7 Å². The van der Waals surface area contributed by atoms with E-state index in [-0.39, 0.29) is 6.10 Å². The lowest BCUT2D eigenvalue weighted by Crippen LogP contribution is -2.39. The lowest BCUT2D eigenvalue weighted by Gasteiger charge is -2.13. The highest BCUT2D eigenvalue weighted by Crippen LogP contribution is 2.17. The Balaban J connectivity index is 2.19. The van der Waals surface area contributed by atoms with Crippen LogP contribution in [0.3, 0.4) is 0 Å². The van der Waals surface area contributed by atoms with Crippen molar-refractivity contribution in [1.29, 1.82) is 0 Å². The van der Waals surface area contributed by atoms with E-state index in [0.29, 0.717) is 18.5 Å². The Hall–Kier alpha value is -0.770. The van der Waals surface area contributed by atoms with Gasteiger partial charge in [0.05, 0.1) is 12.6 Å². The molecule has 0 spiro atoms. The van der Waals surface area contributed by atoms with E-state index in [4.69, 9.17) is 10.5 Å². The van der Waals surface area contributed by atoms with E-state index in [2.05, 4.69) is 10.3 Å². The molecule has 0 saturated heterocycles. The average Bonchev–Trinajstić information content (AvgIpc) is 2.68. The molecule has 15 heavy (non-hydrogen) atoms. The number of ether oxygens (including phenoxy) is 1. The van der Waals surface area contributed by atoms with E-state index in [9.17, 15) is 0 Å². The molecule has 1 aliphatic rings. The van der Waals surface area contributed by atoms with Gasteiger partial charge in [-0.1, -0.05) is 12.8 Å². The molecule has 1 unspecified atom stereocenters. The van der Waals surface area contributed by atoms with Crippen molar-refractivity contribution in [3.63, 3.8) is 0 Å². The van der Waals surface area contributed by atoms with Gasteiger partial charge in [-0.15, -0.1) is 0 Å². The minimum atomic E-state index is 0.152. The SMILES string of the molecule is CCOC(C)CN=C(N)NC1CCCC1. The maximum absolute atomic E-state index is 5.78. The third kappa shape index (κ3) is 5.02. The first-order chi connectivity index (χ1) is 7.22. The quantitative estimate of drug-likeness (QED) is 0.534. The van der Waals surface area contributed by atoms with Crippen LogP contribution in [-0.2, 0) is 4.74 Å². The summed E-state index contributed by atoms with van der Waals surface area (Å²) < 4.78 is 5.37. The summed E-state index contributed by atoms with van der Waals surface area (Å²) >= 11 is 0. The largest absolute Gasteiger partial charge is 0.377 e. The fourth-order valence-electron chi connectivity index (χ4n) is 1.89. The van der Waals surface area contributed by atoms with Gasteiger partial charge >= 0.3 is 0 Å². The number of nitrogens with two attached hydrogens (primary N) is 1. The summed E-state index contributed by atoms with van der Waals surface area (Å²) in [5.41, 5.74) is 5.78. The van der Waals surface area contributed by atoms with Crippen LogP contribution < -0.4 is 11.1 Å². The van der Waals surface area contributed by atoms with Crippen molar-refractivity contribution in [2.75, 3.05) is 13.2 Å². The summed E-state index contributed by atoms with van der Waals surface area (Å²) in [7, 11) is 0. The van der Waals surface area contributed by atoms with Crippen LogP contribution in [0.25, 0.3) is 0 Å². The first kappa shape index (κ1) is 12.3. The molecule has 1 saturated carbocycles. The molecule has 0 bridgehead atoms. The highest BCUT2D eigenvalue weighted by Gasteiger charge is 2.14. The van der Waals surface area contributed by atoms with Crippen LogP contribution in [-0.4, -0.2) is 31.3 Å². The number of guanidine groups is 1. The molecule has 0 heterocycles. The molecule has 0 amide bonds. The lowest BCUT2D eigenvalue weighted by molar-refractivity contribution is 0.0828. The third-order valence-electron chi connectivity index (χ3n) is 2.68. The van der Waals surface area contributed by atoms with Crippen LogP contribution in [0.1, 0.15) is 39.5 Å². The Morgan fingerprint density at radius 1 is 1.53 bits per heavy atom. The second kappa shape index (κ2) is 6.67. The standard InChI is InChI=1S/C11H23N3O/c1-3-15-9(2)8-13-11(12)14-10-6-4-5-7-10/h9-10H,3-8H2,1-2H3,(H3,12,13,14). The van der Waals surface area contributed by atoms with E-state index in [1.54, 1.807) is 0 Å². The maximum atomic E-state index is 5.78. The molecular formula is C11H23N3O. The number of nitrogens with one attached hydrogen (secondary N) is 1. The van der Waals surface area contributed by atoms with E-state index < -0.39 is 0 Å². The van der Waals surface area contributed by atoms with Crippen molar-refractivity contribution in [1.82, 2.24) is 5.32 Å². The summed E-state index contributed by atoms with van der Waals surface area (Å²) in [6.07, 6.45) is 5.20. The molecule has 88 valence electrons. The molecular weight excluding hydrogens is 190 g/mol. The van der Waals surface area contributed by atoms with Crippen LogP contribution in [0, 0.1) is 0 Å². The van der Waals surface area contributed by atoms with Crippen molar-refractivity contribution in [3.05, 3.63) is 0 Å². The van der Waals surface area contributed by atoms with Gasteiger partial charge in [-0.2, -0.15) is 0 Å². The van der Waals surface area contributed by atoms with Gasteiger partial charge in [-0.3, -0.25) is 4.99 Å². The van der Waals surface area contributed by atoms with Crippen LogP contribution in [0.15, 0.2) is 4.99 Å². The van der Waals surface area contributed by atoms with Gasteiger partial charge in [0.1, 0.15) is 0 Å². The number of hydrogen-bond donors (Lipinski definition) is 2. The maximum Gasteiger partial charge on any atom is 0.188 e. The zero-order valence-corrected chi connectivity index (χ0v) is 9.83. The zero-order chi connectivity index (χ0) is 11.1. The van der Waals surface area contributed by atoms with Crippen molar-refractivity contribution in [2.24, 2.45) is 10.7 Å². The molecule has 1 rings (SSSR count). The Morgan fingerprint density at radius 2 is 2.20 bits per heavy atom. The minimum Gasteiger partial charge on any atom is -0.377 e. The monoisotopic (exact) mass is 213 g/mol. The van der Waals surface area contributed by atoms with Gasteiger partial charge in [0.15, 0.2) is 5.96 Å².